The summed E-state index contributed by atoms with van der Waals surface area (Å²) in [6.45, 7) is 1.34. The predicted octanol–water partition coefficient (Wildman–Crippen LogP) is 3.51. The number of nitrogens with zero attached hydrogens (tertiary/aromatic N) is 1. The molecule has 0 spiro atoms. The molecule has 10 heteroatoms. The lowest BCUT2D eigenvalue weighted by molar-refractivity contribution is -0.144. The summed E-state index contributed by atoms with van der Waals surface area (Å²) < 4.78 is 5.38. The molecule has 0 radical (unpaired) electrons. The summed E-state index contributed by atoms with van der Waals surface area (Å²) in [7, 11) is 0. The number of hydrogen-bond donors (Lipinski definition) is 2. The first-order chi connectivity index (χ1) is 14.2. The number of nitrogens with one attached hydrogen (secondary N) is 1. The molecular weight excluding hydrogens is 435 g/mol. The van der Waals surface area contributed by atoms with E-state index < -0.39 is 29.9 Å². The van der Waals surface area contributed by atoms with Crippen LogP contribution in [-0.2, 0) is 14.4 Å². The molecule has 30 heavy (non-hydrogen) atoms. The Kier molecular flexibility index (Phi) is 6.09. The molecule has 3 rings (SSSR count). The second-order valence-electron chi connectivity index (χ2n) is 6.17. The molecule has 2 N–H and O–H groups in total. The van der Waals surface area contributed by atoms with Crippen LogP contribution in [0.5, 0.6) is 5.75 Å². The molecule has 1 aliphatic rings. The first-order valence-electron chi connectivity index (χ1n) is 8.54. The average molecular weight is 449 g/mol. The van der Waals surface area contributed by atoms with Crippen LogP contribution in [0.25, 0.3) is 6.08 Å². The second kappa shape index (κ2) is 8.56. The number of carboxylic acids is 1. The van der Waals surface area contributed by atoms with Crippen molar-refractivity contribution in [1.82, 2.24) is 5.32 Å². The zero-order valence-corrected chi connectivity index (χ0v) is 16.9. The van der Waals surface area contributed by atoms with E-state index in [-0.39, 0.29) is 32.6 Å². The van der Waals surface area contributed by atoms with Crippen molar-refractivity contribution in [2.75, 3.05) is 4.90 Å². The normalized spacial score (nSPS) is 16.4. The van der Waals surface area contributed by atoms with Gasteiger partial charge in [0.2, 0.25) is 0 Å². The number of benzene rings is 2. The molecule has 0 aliphatic carbocycles. The van der Waals surface area contributed by atoms with E-state index in [1.165, 1.54) is 43.3 Å². The van der Waals surface area contributed by atoms with Crippen LogP contribution in [0.15, 0.2) is 48.0 Å². The number of carboxylic acid groups (broad SMARTS) is 1. The maximum absolute atomic E-state index is 13.0. The SMILES string of the molecule is C[C@H](Oc1ccccc1/C=C1\C(=O)NC(=O)N(c2cccc(Cl)c2Cl)C1=O)C(=O)O. The molecule has 1 fully saturated rings. The predicted molar refractivity (Wildman–Crippen MR) is 110 cm³/mol. The van der Waals surface area contributed by atoms with Crippen LogP contribution < -0.4 is 15.0 Å². The van der Waals surface area contributed by atoms with E-state index >= 15 is 0 Å². The quantitative estimate of drug-likeness (QED) is 0.534. The summed E-state index contributed by atoms with van der Waals surface area (Å²) in [5.74, 6) is -2.88. The molecule has 0 unspecified atom stereocenters. The molecule has 2 aromatic carbocycles. The molecular formula is C20H14Cl2N2O6. The Hall–Kier alpha value is -3.36. The van der Waals surface area contributed by atoms with Gasteiger partial charge >= 0.3 is 12.0 Å². The van der Waals surface area contributed by atoms with E-state index in [1.807, 2.05) is 0 Å². The molecule has 1 heterocycles. The minimum absolute atomic E-state index is 0.00843. The number of halogens is 2. The van der Waals surface area contributed by atoms with E-state index in [2.05, 4.69) is 5.32 Å². The third kappa shape index (κ3) is 4.14. The zero-order chi connectivity index (χ0) is 22.0. The van der Waals surface area contributed by atoms with Gasteiger partial charge in [0.25, 0.3) is 11.8 Å². The maximum atomic E-state index is 13.0. The summed E-state index contributed by atoms with van der Waals surface area (Å²) >= 11 is 12.1. The van der Waals surface area contributed by atoms with Crippen LogP contribution in [-0.4, -0.2) is 35.0 Å². The van der Waals surface area contributed by atoms with Gasteiger partial charge in [0, 0.05) is 5.56 Å². The number of para-hydroxylation sites is 1. The number of amides is 4. The van der Waals surface area contributed by atoms with Crippen molar-refractivity contribution in [2.45, 2.75) is 13.0 Å². The fraction of sp³-hybridized carbons (Fsp3) is 0.100. The second-order valence-corrected chi connectivity index (χ2v) is 6.95. The molecule has 8 nitrogen and oxygen atoms in total. The van der Waals surface area contributed by atoms with E-state index in [9.17, 15) is 19.2 Å². The van der Waals surface area contributed by atoms with Crippen molar-refractivity contribution in [3.05, 3.63) is 63.6 Å². The summed E-state index contributed by atoms with van der Waals surface area (Å²) in [6, 6.07) is 9.67. The first kappa shape index (κ1) is 21.4. The largest absolute Gasteiger partial charge is 0.479 e. The number of ether oxygens (including phenoxy) is 1. The summed E-state index contributed by atoms with van der Waals surface area (Å²) in [4.78, 5) is 49.4. The Bertz CT molecular complexity index is 1100. The Morgan fingerprint density at radius 3 is 2.53 bits per heavy atom. The van der Waals surface area contributed by atoms with Crippen LogP contribution in [0.4, 0.5) is 10.5 Å². The standard InChI is InChI=1S/C20H14Cl2N2O6/c1-10(19(27)28)30-15-8-3-2-5-11(15)9-12-17(25)23-20(29)24(18(12)26)14-7-4-6-13(21)16(14)22/h2-10H,1H3,(H,27,28)(H,23,25,29)/b12-9+/t10-/m0/s1. The number of rotatable bonds is 5. The van der Waals surface area contributed by atoms with Gasteiger partial charge in [-0.2, -0.15) is 0 Å². The summed E-state index contributed by atoms with van der Waals surface area (Å²) in [6.07, 6.45) is 0.0446. The van der Waals surface area contributed by atoms with E-state index in [0.717, 1.165) is 0 Å². The molecule has 1 aliphatic heterocycles. The Morgan fingerprint density at radius 1 is 1.13 bits per heavy atom. The van der Waals surface area contributed by atoms with Crippen LogP contribution in [0.1, 0.15) is 12.5 Å². The Balaban J connectivity index is 2.04. The van der Waals surface area contributed by atoms with E-state index in [4.69, 9.17) is 33.0 Å². The van der Waals surface area contributed by atoms with Crippen molar-refractivity contribution in [3.63, 3.8) is 0 Å². The van der Waals surface area contributed by atoms with E-state index in [0.29, 0.717) is 4.90 Å². The van der Waals surface area contributed by atoms with Crippen molar-refractivity contribution in [3.8, 4) is 5.75 Å². The highest BCUT2D eigenvalue weighted by molar-refractivity contribution is 6.46. The number of hydrogen-bond acceptors (Lipinski definition) is 5. The monoisotopic (exact) mass is 448 g/mol. The van der Waals surface area contributed by atoms with Gasteiger partial charge in [-0.25, -0.2) is 14.5 Å². The van der Waals surface area contributed by atoms with Gasteiger partial charge < -0.3 is 9.84 Å². The summed E-state index contributed by atoms with van der Waals surface area (Å²) in [5.41, 5.74) is -0.0886. The fourth-order valence-corrected chi connectivity index (χ4v) is 3.02. The van der Waals surface area contributed by atoms with Crippen LogP contribution in [0, 0.1) is 0 Å². The molecule has 1 atom stereocenters. The highest BCUT2D eigenvalue weighted by Crippen LogP contribution is 2.34. The molecule has 1 saturated heterocycles. The molecule has 154 valence electrons. The third-order valence-corrected chi connectivity index (χ3v) is 4.95. The van der Waals surface area contributed by atoms with Crippen molar-refractivity contribution < 1.29 is 29.0 Å². The summed E-state index contributed by atoms with van der Waals surface area (Å²) in [5, 5.41) is 11.2. The number of carbonyl (C=O) groups excluding carboxylic acids is 3. The van der Waals surface area contributed by atoms with Gasteiger partial charge in [0.05, 0.1) is 15.7 Å². The number of carbonyl (C=O) groups is 4. The topological polar surface area (TPSA) is 113 Å². The molecule has 0 saturated carbocycles. The lowest BCUT2D eigenvalue weighted by atomic mass is 10.1. The van der Waals surface area contributed by atoms with Crippen LogP contribution in [0.3, 0.4) is 0 Å². The molecule has 0 bridgehead atoms. The van der Waals surface area contributed by atoms with Crippen molar-refractivity contribution in [2.24, 2.45) is 0 Å². The number of urea groups is 1. The van der Waals surface area contributed by atoms with Gasteiger partial charge in [0.15, 0.2) is 6.10 Å². The van der Waals surface area contributed by atoms with Gasteiger partial charge in [0.1, 0.15) is 11.3 Å². The fourth-order valence-electron chi connectivity index (χ4n) is 2.64. The maximum Gasteiger partial charge on any atom is 0.344 e. The van der Waals surface area contributed by atoms with Crippen molar-refractivity contribution >= 4 is 58.8 Å². The molecule has 2 aromatic rings. The van der Waals surface area contributed by atoms with E-state index in [1.54, 1.807) is 12.1 Å². The lowest BCUT2D eigenvalue weighted by Gasteiger charge is -2.27. The Labute approximate surface area is 180 Å². The number of barbiturate groups is 1. The Morgan fingerprint density at radius 2 is 1.83 bits per heavy atom. The molecule has 4 amide bonds. The minimum atomic E-state index is -1.18. The highest BCUT2D eigenvalue weighted by Gasteiger charge is 2.38. The number of imide groups is 2. The first-order valence-corrected chi connectivity index (χ1v) is 9.30. The van der Waals surface area contributed by atoms with Gasteiger partial charge in [-0.3, -0.25) is 14.9 Å². The van der Waals surface area contributed by atoms with Crippen LogP contribution in [0.2, 0.25) is 10.0 Å². The lowest BCUT2D eigenvalue weighted by Crippen LogP contribution is -2.54. The number of anilines is 1. The average Bonchev–Trinajstić information content (AvgIpc) is 2.69. The van der Waals surface area contributed by atoms with Gasteiger partial charge in [-0.15, -0.1) is 0 Å². The smallest absolute Gasteiger partial charge is 0.344 e. The van der Waals surface area contributed by atoms with Gasteiger partial charge in [-0.1, -0.05) is 47.5 Å². The number of aliphatic carboxylic acids is 1. The van der Waals surface area contributed by atoms with Crippen LogP contribution >= 0.6 is 23.2 Å². The highest BCUT2D eigenvalue weighted by atomic mass is 35.5. The van der Waals surface area contributed by atoms with Crippen molar-refractivity contribution in [1.29, 1.82) is 0 Å². The third-order valence-electron chi connectivity index (χ3n) is 4.14. The van der Waals surface area contributed by atoms with Gasteiger partial charge in [-0.05, 0) is 31.2 Å². The zero-order valence-electron chi connectivity index (χ0n) is 15.4. The minimum Gasteiger partial charge on any atom is -0.479 e. The molecule has 0 aromatic heterocycles.